The summed E-state index contributed by atoms with van der Waals surface area (Å²) in [6.45, 7) is 7.93. The molecule has 0 bridgehead atoms. The van der Waals surface area contributed by atoms with Gasteiger partial charge in [0.15, 0.2) is 0 Å². The fraction of sp³-hybridized carbons (Fsp3) is 1.00. The van der Waals surface area contributed by atoms with Gasteiger partial charge in [0.05, 0.1) is 13.2 Å². The zero-order chi connectivity index (χ0) is 10.4. The van der Waals surface area contributed by atoms with Gasteiger partial charge in [-0.15, -0.1) is 0 Å². The van der Waals surface area contributed by atoms with Gasteiger partial charge in [0.2, 0.25) is 0 Å². The van der Waals surface area contributed by atoms with E-state index in [0.29, 0.717) is 18.6 Å². The molecule has 0 amide bonds. The van der Waals surface area contributed by atoms with Crippen LogP contribution in [0.1, 0.15) is 26.7 Å². The van der Waals surface area contributed by atoms with Crippen LogP contribution >= 0.6 is 0 Å². The van der Waals surface area contributed by atoms with Crippen LogP contribution in [-0.2, 0) is 9.47 Å². The molecule has 3 heteroatoms. The molecule has 1 unspecified atom stereocenters. The van der Waals surface area contributed by atoms with Gasteiger partial charge in [-0.2, -0.15) is 0 Å². The standard InChI is InChI=1S/C11H23NO2/c1-11(2)9-10(11)12-5-4-6-14-8-7-13-3/h10,12H,4-9H2,1-3H3. The van der Waals surface area contributed by atoms with Crippen molar-refractivity contribution in [2.75, 3.05) is 33.5 Å². The quantitative estimate of drug-likeness (QED) is 0.603. The second-order valence-electron chi connectivity index (χ2n) is 4.66. The number of hydrogen-bond donors (Lipinski definition) is 1. The van der Waals surface area contributed by atoms with Gasteiger partial charge in [-0.3, -0.25) is 0 Å². The van der Waals surface area contributed by atoms with Gasteiger partial charge in [0.1, 0.15) is 0 Å². The Balaban J connectivity index is 1.77. The number of ether oxygens (including phenoxy) is 2. The minimum absolute atomic E-state index is 0.539. The maximum Gasteiger partial charge on any atom is 0.0700 e. The van der Waals surface area contributed by atoms with Crippen molar-refractivity contribution in [3.63, 3.8) is 0 Å². The SMILES string of the molecule is COCCOCCCNC1CC1(C)C. The smallest absolute Gasteiger partial charge is 0.0700 e. The molecule has 0 saturated heterocycles. The van der Waals surface area contributed by atoms with Crippen LogP contribution in [0.25, 0.3) is 0 Å². The summed E-state index contributed by atoms with van der Waals surface area (Å²) in [4.78, 5) is 0. The van der Waals surface area contributed by atoms with E-state index in [1.165, 1.54) is 6.42 Å². The van der Waals surface area contributed by atoms with E-state index in [1.54, 1.807) is 7.11 Å². The molecule has 1 atom stereocenters. The third kappa shape index (κ3) is 4.40. The Labute approximate surface area is 87.2 Å². The van der Waals surface area contributed by atoms with E-state index in [4.69, 9.17) is 9.47 Å². The maximum atomic E-state index is 5.36. The molecule has 1 saturated carbocycles. The van der Waals surface area contributed by atoms with E-state index in [0.717, 1.165) is 25.6 Å². The van der Waals surface area contributed by atoms with Crippen LogP contribution in [0.15, 0.2) is 0 Å². The molecule has 3 nitrogen and oxygen atoms in total. The van der Waals surface area contributed by atoms with Crippen molar-refractivity contribution >= 4 is 0 Å². The van der Waals surface area contributed by atoms with Crippen molar-refractivity contribution in [3.8, 4) is 0 Å². The predicted molar refractivity (Wildman–Crippen MR) is 57.5 cm³/mol. The first kappa shape index (κ1) is 12.0. The summed E-state index contributed by atoms with van der Waals surface area (Å²) < 4.78 is 10.2. The highest BCUT2D eigenvalue weighted by Gasteiger charge is 2.44. The maximum absolute atomic E-state index is 5.36. The van der Waals surface area contributed by atoms with Crippen LogP contribution in [0, 0.1) is 5.41 Å². The number of rotatable bonds is 8. The lowest BCUT2D eigenvalue weighted by Crippen LogP contribution is -2.22. The first-order valence-corrected chi connectivity index (χ1v) is 5.47. The van der Waals surface area contributed by atoms with Crippen LogP contribution in [0.2, 0.25) is 0 Å². The minimum Gasteiger partial charge on any atom is -0.382 e. The summed E-state index contributed by atoms with van der Waals surface area (Å²) in [5.41, 5.74) is 0.539. The molecule has 0 aromatic carbocycles. The Kier molecular flexibility index (Phi) is 4.85. The van der Waals surface area contributed by atoms with Crippen LogP contribution in [0.3, 0.4) is 0 Å². The van der Waals surface area contributed by atoms with E-state index in [1.807, 2.05) is 0 Å². The molecule has 0 aromatic heterocycles. The average Bonchev–Trinajstić information content (AvgIpc) is 2.73. The minimum atomic E-state index is 0.539. The molecular weight excluding hydrogens is 178 g/mol. The molecule has 14 heavy (non-hydrogen) atoms. The molecule has 1 aliphatic rings. The highest BCUT2D eigenvalue weighted by molar-refractivity contribution is 5.01. The van der Waals surface area contributed by atoms with Crippen LogP contribution in [-0.4, -0.2) is 39.5 Å². The Morgan fingerprint density at radius 1 is 1.29 bits per heavy atom. The Hall–Kier alpha value is -0.120. The highest BCUT2D eigenvalue weighted by Crippen LogP contribution is 2.44. The van der Waals surface area contributed by atoms with Crippen molar-refractivity contribution in [3.05, 3.63) is 0 Å². The topological polar surface area (TPSA) is 30.5 Å². The van der Waals surface area contributed by atoms with Gasteiger partial charge < -0.3 is 14.8 Å². The lowest BCUT2D eigenvalue weighted by atomic mass is 10.2. The average molecular weight is 201 g/mol. The number of nitrogens with one attached hydrogen (secondary N) is 1. The third-order valence-corrected chi connectivity index (χ3v) is 2.80. The lowest BCUT2D eigenvalue weighted by molar-refractivity contribution is 0.0694. The van der Waals surface area contributed by atoms with Gasteiger partial charge in [0.25, 0.3) is 0 Å². The molecule has 1 fully saturated rings. The predicted octanol–water partition coefficient (Wildman–Crippen LogP) is 1.43. The molecule has 84 valence electrons. The summed E-state index contributed by atoms with van der Waals surface area (Å²) in [5.74, 6) is 0. The molecule has 0 spiro atoms. The summed E-state index contributed by atoms with van der Waals surface area (Å²) in [5, 5.41) is 3.53. The van der Waals surface area contributed by atoms with Crippen molar-refractivity contribution in [1.82, 2.24) is 5.32 Å². The van der Waals surface area contributed by atoms with Crippen LogP contribution in [0.4, 0.5) is 0 Å². The Morgan fingerprint density at radius 3 is 2.57 bits per heavy atom. The van der Waals surface area contributed by atoms with Gasteiger partial charge in [-0.05, 0) is 24.8 Å². The first-order valence-electron chi connectivity index (χ1n) is 5.47. The van der Waals surface area contributed by atoms with E-state index < -0.39 is 0 Å². The number of methoxy groups -OCH3 is 1. The molecule has 0 aromatic rings. The Bertz CT molecular complexity index is 159. The van der Waals surface area contributed by atoms with Crippen LogP contribution < -0.4 is 5.32 Å². The van der Waals surface area contributed by atoms with E-state index in [2.05, 4.69) is 19.2 Å². The molecule has 0 radical (unpaired) electrons. The first-order chi connectivity index (χ1) is 6.67. The van der Waals surface area contributed by atoms with Crippen LogP contribution in [0.5, 0.6) is 0 Å². The van der Waals surface area contributed by atoms with Crippen molar-refractivity contribution in [2.45, 2.75) is 32.7 Å². The fourth-order valence-electron chi connectivity index (χ4n) is 1.51. The molecule has 0 aliphatic heterocycles. The summed E-state index contributed by atoms with van der Waals surface area (Å²) >= 11 is 0. The second-order valence-corrected chi connectivity index (χ2v) is 4.66. The van der Waals surface area contributed by atoms with Crippen molar-refractivity contribution in [2.24, 2.45) is 5.41 Å². The molecule has 1 rings (SSSR count). The zero-order valence-corrected chi connectivity index (χ0v) is 9.64. The second kappa shape index (κ2) is 5.69. The fourth-order valence-corrected chi connectivity index (χ4v) is 1.51. The highest BCUT2D eigenvalue weighted by atomic mass is 16.5. The lowest BCUT2D eigenvalue weighted by Gasteiger charge is -2.06. The van der Waals surface area contributed by atoms with Gasteiger partial charge in [-0.25, -0.2) is 0 Å². The molecule has 1 aliphatic carbocycles. The van der Waals surface area contributed by atoms with E-state index in [9.17, 15) is 0 Å². The zero-order valence-electron chi connectivity index (χ0n) is 9.64. The molecule has 0 heterocycles. The van der Waals surface area contributed by atoms with Crippen molar-refractivity contribution in [1.29, 1.82) is 0 Å². The summed E-state index contributed by atoms with van der Waals surface area (Å²) in [6, 6.07) is 0.737. The largest absolute Gasteiger partial charge is 0.382 e. The monoisotopic (exact) mass is 201 g/mol. The number of hydrogen-bond acceptors (Lipinski definition) is 3. The summed E-state index contributed by atoms with van der Waals surface area (Å²) in [6.07, 6.45) is 2.41. The Morgan fingerprint density at radius 2 is 2.00 bits per heavy atom. The molecule has 1 N–H and O–H groups in total. The van der Waals surface area contributed by atoms with Crippen molar-refractivity contribution < 1.29 is 9.47 Å². The third-order valence-electron chi connectivity index (χ3n) is 2.80. The van der Waals surface area contributed by atoms with E-state index in [-0.39, 0.29) is 0 Å². The normalized spacial score (nSPS) is 23.8. The van der Waals surface area contributed by atoms with E-state index >= 15 is 0 Å². The van der Waals surface area contributed by atoms with Gasteiger partial charge in [-0.1, -0.05) is 13.8 Å². The van der Waals surface area contributed by atoms with Gasteiger partial charge >= 0.3 is 0 Å². The summed E-state index contributed by atoms with van der Waals surface area (Å²) in [7, 11) is 1.69. The molecular formula is C11H23NO2. The van der Waals surface area contributed by atoms with Gasteiger partial charge in [0, 0.05) is 19.8 Å².